The molecule has 1 atom stereocenters. The van der Waals surface area contributed by atoms with E-state index in [4.69, 9.17) is 9.52 Å². The molecule has 0 aliphatic carbocycles. The molecule has 34 heavy (non-hydrogen) atoms. The topological polar surface area (TPSA) is 122 Å². The fourth-order valence-corrected chi connectivity index (χ4v) is 3.73. The number of carboxylic acids is 1. The number of amides is 2. The smallest absolute Gasteiger partial charge is 0.322 e. The molecule has 0 unspecified atom stereocenters. The average molecular weight is 464 g/mol. The van der Waals surface area contributed by atoms with Gasteiger partial charge in [-0.05, 0) is 23.5 Å². The molecular weight excluding hydrogens is 434 g/mol. The second-order valence-electron chi connectivity index (χ2n) is 8.48. The van der Waals surface area contributed by atoms with Crippen molar-refractivity contribution in [1.82, 2.24) is 15.6 Å². The predicted octanol–water partition coefficient (Wildman–Crippen LogP) is 3.91. The lowest BCUT2D eigenvalue weighted by Gasteiger charge is -2.21. The van der Waals surface area contributed by atoms with E-state index in [0.717, 1.165) is 11.1 Å². The Morgan fingerprint density at radius 2 is 1.56 bits per heavy atom. The zero-order chi connectivity index (χ0) is 24.5. The molecule has 3 N–H and O–H groups in total. The monoisotopic (exact) mass is 463 g/mol. The first-order chi connectivity index (χ1) is 16.3. The fraction of sp³-hybridized carbons (Fsp3) is 0.308. The number of carboxylic acid groups (broad SMARTS) is 1. The largest absolute Gasteiger partial charge is 0.480 e. The number of benzene rings is 2. The summed E-state index contributed by atoms with van der Waals surface area (Å²) in [6, 6.07) is 19.2. The van der Waals surface area contributed by atoms with Crippen molar-refractivity contribution in [2.24, 2.45) is 5.92 Å². The molecule has 1 heterocycles. The summed E-state index contributed by atoms with van der Waals surface area (Å²) in [6.45, 7) is 3.51. The minimum atomic E-state index is -1.16. The molecule has 3 aromatic rings. The first-order valence-corrected chi connectivity index (χ1v) is 11.2. The van der Waals surface area contributed by atoms with Gasteiger partial charge in [-0.25, -0.2) is 4.98 Å². The lowest BCUT2D eigenvalue weighted by Crippen LogP contribution is -2.31. The van der Waals surface area contributed by atoms with Gasteiger partial charge >= 0.3 is 5.97 Å². The molecule has 8 heteroatoms. The van der Waals surface area contributed by atoms with Crippen molar-refractivity contribution in [3.8, 4) is 0 Å². The normalized spacial score (nSPS) is 11.9. The van der Waals surface area contributed by atoms with E-state index in [1.165, 1.54) is 6.26 Å². The Labute approximate surface area is 198 Å². The minimum absolute atomic E-state index is 0.0364. The SMILES string of the molecule is CC(C)C[C@H](NC(=O)CC(c1ccccc1)c1ccccc1)c1nc(C(=O)NCC(=O)O)co1. The molecule has 3 rings (SSSR count). The van der Waals surface area contributed by atoms with Crippen molar-refractivity contribution in [1.29, 1.82) is 0 Å². The molecule has 0 saturated carbocycles. The summed E-state index contributed by atoms with van der Waals surface area (Å²) in [4.78, 5) is 40.1. The number of carbonyl (C=O) groups excluding carboxylic acids is 2. The van der Waals surface area contributed by atoms with Gasteiger partial charge < -0.3 is 20.2 Å². The van der Waals surface area contributed by atoms with E-state index in [1.54, 1.807) is 0 Å². The Morgan fingerprint density at radius 1 is 0.971 bits per heavy atom. The lowest BCUT2D eigenvalue weighted by molar-refractivity contribution is -0.135. The number of rotatable bonds is 11. The quantitative estimate of drug-likeness (QED) is 0.396. The molecule has 2 amide bonds. The maximum absolute atomic E-state index is 13.2. The van der Waals surface area contributed by atoms with Gasteiger partial charge in [-0.1, -0.05) is 74.5 Å². The summed E-state index contributed by atoms with van der Waals surface area (Å²) < 4.78 is 5.50. The highest BCUT2D eigenvalue weighted by Crippen LogP contribution is 2.29. The number of carbonyl (C=O) groups is 3. The number of nitrogens with zero attached hydrogens (tertiary/aromatic N) is 1. The van der Waals surface area contributed by atoms with Crippen LogP contribution in [0.15, 0.2) is 71.3 Å². The third kappa shape index (κ3) is 7.03. The maximum Gasteiger partial charge on any atom is 0.322 e. The molecule has 0 spiro atoms. The summed E-state index contributed by atoms with van der Waals surface area (Å²) in [6.07, 6.45) is 1.96. The molecule has 0 fully saturated rings. The van der Waals surface area contributed by atoms with E-state index < -0.39 is 24.5 Å². The van der Waals surface area contributed by atoms with Gasteiger partial charge in [0.1, 0.15) is 18.8 Å². The number of hydrogen-bond donors (Lipinski definition) is 3. The van der Waals surface area contributed by atoms with Crippen molar-refractivity contribution < 1.29 is 23.9 Å². The van der Waals surface area contributed by atoms with Crippen LogP contribution in [0.25, 0.3) is 0 Å². The number of aromatic nitrogens is 1. The van der Waals surface area contributed by atoms with Gasteiger partial charge in [0, 0.05) is 12.3 Å². The second-order valence-corrected chi connectivity index (χ2v) is 8.48. The highest BCUT2D eigenvalue weighted by molar-refractivity contribution is 5.93. The Bertz CT molecular complexity index is 1060. The van der Waals surface area contributed by atoms with E-state index in [9.17, 15) is 14.4 Å². The first-order valence-electron chi connectivity index (χ1n) is 11.2. The van der Waals surface area contributed by atoms with Crippen LogP contribution in [0.1, 0.15) is 66.2 Å². The summed E-state index contributed by atoms with van der Waals surface area (Å²) in [5.41, 5.74) is 2.04. The van der Waals surface area contributed by atoms with Crippen LogP contribution in [0.4, 0.5) is 0 Å². The summed E-state index contributed by atoms with van der Waals surface area (Å²) in [5.74, 6) is -1.67. The summed E-state index contributed by atoms with van der Waals surface area (Å²) >= 11 is 0. The third-order valence-electron chi connectivity index (χ3n) is 5.29. The molecule has 1 aromatic heterocycles. The Hall–Kier alpha value is -3.94. The second kappa shape index (κ2) is 11.8. The number of nitrogens with one attached hydrogen (secondary N) is 2. The van der Waals surface area contributed by atoms with Crippen LogP contribution >= 0.6 is 0 Å². The molecule has 2 aromatic carbocycles. The van der Waals surface area contributed by atoms with Crippen LogP contribution < -0.4 is 10.6 Å². The van der Waals surface area contributed by atoms with Crippen molar-refractivity contribution in [2.75, 3.05) is 6.54 Å². The van der Waals surface area contributed by atoms with Crippen molar-refractivity contribution in [3.05, 3.63) is 89.6 Å². The molecule has 0 aliphatic rings. The van der Waals surface area contributed by atoms with Crippen LogP contribution in [0.3, 0.4) is 0 Å². The van der Waals surface area contributed by atoms with Gasteiger partial charge in [0.2, 0.25) is 11.8 Å². The Morgan fingerprint density at radius 3 is 2.09 bits per heavy atom. The summed E-state index contributed by atoms with van der Waals surface area (Å²) in [7, 11) is 0. The standard InChI is InChI=1S/C26H29N3O5/c1-17(2)13-21(26-29-22(16-34-26)25(33)27-15-24(31)32)28-23(30)14-20(18-9-5-3-6-10-18)19-11-7-4-8-12-19/h3-12,16-17,20-21H,13-15H2,1-2H3,(H,27,33)(H,28,30)(H,31,32)/t21-/m0/s1. The third-order valence-corrected chi connectivity index (χ3v) is 5.29. The van der Waals surface area contributed by atoms with E-state index in [2.05, 4.69) is 15.6 Å². The van der Waals surface area contributed by atoms with Gasteiger partial charge in [0.25, 0.3) is 5.91 Å². The van der Waals surface area contributed by atoms with Gasteiger partial charge in [0.05, 0.1) is 0 Å². The molecule has 8 nitrogen and oxygen atoms in total. The molecular formula is C26H29N3O5. The fourth-order valence-electron chi connectivity index (χ4n) is 3.73. The lowest BCUT2D eigenvalue weighted by atomic mass is 9.88. The number of aliphatic carboxylic acids is 1. The van der Waals surface area contributed by atoms with E-state index in [0.29, 0.717) is 6.42 Å². The maximum atomic E-state index is 13.2. The van der Waals surface area contributed by atoms with Crippen molar-refractivity contribution in [2.45, 2.75) is 38.6 Å². The van der Waals surface area contributed by atoms with Crippen molar-refractivity contribution >= 4 is 17.8 Å². The van der Waals surface area contributed by atoms with Crippen LogP contribution in [0.5, 0.6) is 0 Å². The van der Waals surface area contributed by atoms with Crippen LogP contribution in [-0.2, 0) is 9.59 Å². The zero-order valence-corrected chi connectivity index (χ0v) is 19.2. The van der Waals surface area contributed by atoms with E-state index >= 15 is 0 Å². The van der Waals surface area contributed by atoms with Crippen LogP contribution in [0, 0.1) is 5.92 Å². The first kappa shape index (κ1) is 24.7. The Kier molecular flexibility index (Phi) is 8.56. The van der Waals surface area contributed by atoms with Crippen molar-refractivity contribution in [3.63, 3.8) is 0 Å². The number of oxazole rings is 1. The summed E-state index contributed by atoms with van der Waals surface area (Å²) in [5, 5.41) is 14.0. The molecule has 0 bridgehead atoms. The molecule has 178 valence electrons. The van der Waals surface area contributed by atoms with E-state index in [-0.39, 0.29) is 35.7 Å². The highest BCUT2D eigenvalue weighted by Gasteiger charge is 2.25. The van der Waals surface area contributed by atoms with Gasteiger partial charge in [0.15, 0.2) is 5.69 Å². The average Bonchev–Trinajstić information content (AvgIpc) is 3.32. The Balaban J connectivity index is 1.76. The van der Waals surface area contributed by atoms with Gasteiger partial charge in [-0.15, -0.1) is 0 Å². The highest BCUT2D eigenvalue weighted by atomic mass is 16.4. The van der Waals surface area contributed by atoms with Crippen LogP contribution in [0.2, 0.25) is 0 Å². The number of hydrogen-bond acceptors (Lipinski definition) is 5. The molecule has 0 saturated heterocycles. The minimum Gasteiger partial charge on any atom is -0.480 e. The van der Waals surface area contributed by atoms with Gasteiger partial charge in [-0.3, -0.25) is 14.4 Å². The van der Waals surface area contributed by atoms with E-state index in [1.807, 2.05) is 74.5 Å². The predicted molar refractivity (Wildman–Crippen MR) is 126 cm³/mol. The van der Waals surface area contributed by atoms with Gasteiger partial charge in [-0.2, -0.15) is 0 Å². The molecule has 0 radical (unpaired) electrons. The van der Waals surface area contributed by atoms with Crippen LogP contribution in [-0.4, -0.2) is 34.4 Å². The molecule has 0 aliphatic heterocycles. The zero-order valence-electron chi connectivity index (χ0n) is 19.2.